The van der Waals surface area contributed by atoms with E-state index < -0.39 is 0 Å². The van der Waals surface area contributed by atoms with Crippen molar-refractivity contribution in [3.63, 3.8) is 0 Å². The fraction of sp³-hybridized carbons (Fsp3) is 0.615. The van der Waals surface area contributed by atoms with Crippen molar-refractivity contribution in [2.24, 2.45) is 0 Å². The molecule has 1 N–H and O–H groups in total. The van der Waals surface area contributed by atoms with E-state index in [0.29, 0.717) is 11.7 Å². The first kappa shape index (κ1) is 11.6. The summed E-state index contributed by atoms with van der Waals surface area (Å²) in [6.07, 6.45) is 9.47. The van der Waals surface area contributed by atoms with Crippen LogP contribution in [0, 0.1) is 0 Å². The van der Waals surface area contributed by atoms with Crippen LogP contribution in [0.15, 0.2) is 18.6 Å². The fourth-order valence-electron chi connectivity index (χ4n) is 3.07. The molecule has 0 bridgehead atoms. The van der Waals surface area contributed by atoms with E-state index in [0.717, 1.165) is 13.0 Å². The average Bonchev–Trinajstić information content (AvgIpc) is 2.83. The SMILES string of the molecule is O=C(N[C@H]1CCN2CCCC[C@H]12)c1cnccn1. The summed E-state index contributed by atoms with van der Waals surface area (Å²) in [6, 6.07) is 0.805. The average molecular weight is 246 g/mol. The maximum atomic E-state index is 12.0. The van der Waals surface area contributed by atoms with Gasteiger partial charge in [0.2, 0.25) is 0 Å². The van der Waals surface area contributed by atoms with Crippen LogP contribution in [0.5, 0.6) is 0 Å². The van der Waals surface area contributed by atoms with Crippen LogP contribution >= 0.6 is 0 Å². The second-order valence-corrected chi connectivity index (χ2v) is 5.06. The minimum Gasteiger partial charge on any atom is -0.346 e. The molecule has 0 aliphatic carbocycles. The Morgan fingerprint density at radius 1 is 1.28 bits per heavy atom. The van der Waals surface area contributed by atoms with Gasteiger partial charge < -0.3 is 5.32 Å². The van der Waals surface area contributed by atoms with Gasteiger partial charge in [-0.2, -0.15) is 0 Å². The summed E-state index contributed by atoms with van der Waals surface area (Å²) in [4.78, 5) is 22.5. The zero-order chi connectivity index (χ0) is 12.4. The molecule has 3 heterocycles. The molecular formula is C13H18N4O. The Morgan fingerprint density at radius 2 is 2.22 bits per heavy atom. The van der Waals surface area contributed by atoms with E-state index >= 15 is 0 Å². The molecular weight excluding hydrogens is 228 g/mol. The molecule has 1 aromatic heterocycles. The zero-order valence-corrected chi connectivity index (χ0v) is 10.4. The zero-order valence-electron chi connectivity index (χ0n) is 10.4. The fourth-order valence-corrected chi connectivity index (χ4v) is 3.07. The number of nitrogens with zero attached hydrogens (tertiary/aromatic N) is 3. The third-order valence-electron chi connectivity index (χ3n) is 3.97. The number of hydrogen-bond acceptors (Lipinski definition) is 4. The Morgan fingerprint density at radius 3 is 3.06 bits per heavy atom. The summed E-state index contributed by atoms with van der Waals surface area (Å²) >= 11 is 0. The van der Waals surface area contributed by atoms with E-state index in [9.17, 15) is 4.79 Å². The molecule has 2 saturated heterocycles. The van der Waals surface area contributed by atoms with Gasteiger partial charge >= 0.3 is 0 Å². The van der Waals surface area contributed by atoms with Crippen molar-refractivity contribution in [3.05, 3.63) is 24.3 Å². The Balaban J connectivity index is 1.65. The first-order valence-electron chi connectivity index (χ1n) is 6.65. The van der Waals surface area contributed by atoms with Crippen molar-refractivity contribution in [2.45, 2.75) is 37.8 Å². The lowest BCUT2D eigenvalue weighted by atomic mass is 9.99. The first-order chi connectivity index (χ1) is 8.84. The summed E-state index contributed by atoms with van der Waals surface area (Å²) in [5.74, 6) is -0.0967. The molecule has 2 atom stereocenters. The molecule has 18 heavy (non-hydrogen) atoms. The van der Waals surface area contributed by atoms with E-state index in [2.05, 4.69) is 20.2 Å². The number of carbonyl (C=O) groups is 1. The monoisotopic (exact) mass is 246 g/mol. The van der Waals surface area contributed by atoms with Crippen LogP contribution in [-0.2, 0) is 0 Å². The number of rotatable bonds is 2. The molecule has 2 aliphatic rings. The largest absolute Gasteiger partial charge is 0.346 e. The minimum absolute atomic E-state index is 0.0967. The standard InChI is InChI=1S/C13H18N4O/c18-13(11-9-14-5-6-15-11)16-10-4-8-17-7-2-1-3-12(10)17/h5-6,9-10,12H,1-4,7-8H2,(H,16,18)/t10-,12+/m0/s1. The van der Waals surface area contributed by atoms with Crippen molar-refractivity contribution in [3.8, 4) is 0 Å². The van der Waals surface area contributed by atoms with Crippen molar-refractivity contribution in [1.82, 2.24) is 20.2 Å². The highest BCUT2D eigenvalue weighted by Crippen LogP contribution is 2.27. The maximum absolute atomic E-state index is 12.0. The van der Waals surface area contributed by atoms with Crippen LogP contribution < -0.4 is 5.32 Å². The van der Waals surface area contributed by atoms with Crippen LogP contribution in [0.2, 0.25) is 0 Å². The number of piperidine rings is 1. The molecule has 2 fully saturated rings. The molecule has 5 nitrogen and oxygen atoms in total. The summed E-state index contributed by atoms with van der Waals surface area (Å²) in [5, 5.41) is 3.11. The molecule has 0 aromatic carbocycles. The van der Waals surface area contributed by atoms with Crippen LogP contribution in [0.25, 0.3) is 0 Å². The van der Waals surface area contributed by atoms with Crippen LogP contribution in [-0.4, -0.2) is 45.9 Å². The molecule has 5 heteroatoms. The van der Waals surface area contributed by atoms with Gasteiger partial charge in [0.15, 0.2) is 0 Å². The minimum atomic E-state index is -0.0967. The molecule has 0 unspecified atom stereocenters. The Hall–Kier alpha value is -1.49. The number of hydrogen-bond donors (Lipinski definition) is 1. The predicted molar refractivity (Wildman–Crippen MR) is 67.1 cm³/mol. The van der Waals surface area contributed by atoms with Gasteiger partial charge in [0.1, 0.15) is 5.69 Å². The van der Waals surface area contributed by atoms with Crippen LogP contribution in [0.1, 0.15) is 36.2 Å². The van der Waals surface area contributed by atoms with Gasteiger partial charge in [0.05, 0.1) is 6.20 Å². The quantitative estimate of drug-likeness (QED) is 0.840. The Kier molecular flexibility index (Phi) is 3.23. The van der Waals surface area contributed by atoms with Crippen LogP contribution in [0.4, 0.5) is 0 Å². The Labute approximate surface area is 107 Å². The number of amides is 1. The van der Waals surface area contributed by atoms with E-state index in [1.165, 1.54) is 32.0 Å². The molecule has 0 saturated carbocycles. The lowest BCUT2D eigenvalue weighted by Gasteiger charge is -2.32. The third-order valence-corrected chi connectivity index (χ3v) is 3.97. The van der Waals surface area contributed by atoms with E-state index in [1.807, 2.05) is 0 Å². The van der Waals surface area contributed by atoms with Gasteiger partial charge in [0, 0.05) is 31.0 Å². The number of carbonyl (C=O) groups excluding carboxylic acids is 1. The van der Waals surface area contributed by atoms with Crippen molar-refractivity contribution in [2.75, 3.05) is 13.1 Å². The summed E-state index contributed by atoms with van der Waals surface area (Å²) in [6.45, 7) is 2.29. The first-order valence-corrected chi connectivity index (χ1v) is 6.65. The second-order valence-electron chi connectivity index (χ2n) is 5.06. The molecule has 3 rings (SSSR count). The van der Waals surface area contributed by atoms with Gasteiger partial charge in [-0.15, -0.1) is 0 Å². The Bertz CT molecular complexity index is 422. The molecule has 0 radical (unpaired) electrons. The van der Waals surface area contributed by atoms with Gasteiger partial charge in [-0.3, -0.25) is 14.7 Å². The normalized spacial score (nSPS) is 27.8. The lowest BCUT2D eigenvalue weighted by Crippen LogP contribution is -2.46. The maximum Gasteiger partial charge on any atom is 0.271 e. The molecule has 96 valence electrons. The molecule has 2 aliphatic heterocycles. The highest BCUT2D eigenvalue weighted by molar-refractivity contribution is 5.92. The smallest absolute Gasteiger partial charge is 0.271 e. The van der Waals surface area contributed by atoms with Gasteiger partial charge in [-0.1, -0.05) is 6.42 Å². The van der Waals surface area contributed by atoms with Gasteiger partial charge in [0.25, 0.3) is 5.91 Å². The van der Waals surface area contributed by atoms with Crippen molar-refractivity contribution >= 4 is 5.91 Å². The summed E-state index contributed by atoms with van der Waals surface area (Å²) in [7, 11) is 0. The lowest BCUT2D eigenvalue weighted by molar-refractivity contribution is 0.0910. The molecule has 1 aromatic rings. The van der Waals surface area contributed by atoms with Gasteiger partial charge in [-0.25, -0.2) is 4.98 Å². The van der Waals surface area contributed by atoms with Crippen molar-refractivity contribution < 1.29 is 4.79 Å². The highest BCUT2D eigenvalue weighted by Gasteiger charge is 2.36. The highest BCUT2D eigenvalue weighted by atomic mass is 16.2. The number of aromatic nitrogens is 2. The summed E-state index contributed by atoms with van der Waals surface area (Å²) in [5.41, 5.74) is 0.409. The van der Waals surface area contributed by atoms with E-state index in [-0.39, 0.29) is 11.9 Å². The third kappa shape index (κ3) is 2.22. The number of nitrogens with one attached hydrogen (secondary N) is 1. The second kappa shape index (κ2) is 5.02. The van der Waals surface area contributed by atoms with E-state index in [4.69, 9.17) is 0 Å². The summed E-state index contributed by atoms with van der Waals surface area (Å²) < 4.78 is 0. The topological polar surface area (TPSA) is 58.1 Å². The van der Waals surface area contributed by atoms with E-state index in [1.54, 1.807) is 12.4 Å². The van der Waals surface area contributed by atoms with Crippen molar-refractivity contribution in [1.29, 1.82) is 0 Å². The predicted octanol–water partition coefficient (Wildman–Crippen LogP) is 0.833. The van der Waals surface area contributed by atoms with Gasteiger partial charge in [-0.05, 0) is 25.8 Å². The molecule has 0 spiro atoms. The number of fused-ring (bicyclic) bond motifs is 1. The molecule has 1 amide bonds. The van der Waals surface area contributed by atoms with Crippen LogP contribution in [0.3, 0.4) is 0 Å².